The number of hydrogen-bond acceptors (Lipinski definition) is 7. The van der Waals surface area contributed by atoms with Gasteiger partial charge in [0.25, 0.3) is 0 Å². The van der Waals surface area contributed by atoms with E-state index in [1.807, 2.05) is 18.4 Å². The molecular formula is C22H31N5O2S. The number of benzene rings is 1. The molecule has 1 saturated heterocycles. The van der Waals surface area contributed by atoms with Crippen LogP contribution in [-0.2, 0) is 17.7 Å². The molecule has 1 fully saturated rings. The molecule has 1 unspecified atom stereocenters. The number of rotatable bonds is 8. The topological polar surface area (TPSA) is 87.2 Å². The quantitative estimate of drug-likeness (QED) is 0.416. The highest BCUT2D eigenvalue weighted by atomic mass is 32.2. The van der Waals surface area contributed by atoms with Crippen molar-refractivity contribution >= 4 is 39.7 Å². The molecule has 0 saturated carbocycles. The van der Waals surface area contributed by atoms with Gasteiger partial charge in [0.05, 0.1) is 11.0 Å². The molecule has 1 aliphatic rings. The van der Waals surface area contributed by atoms with Gasteiger partial charge in [-0.15, -0.1) is 0 Å². The summed E-state index contributed by atoms with van der Waals surface area (Å²) in [5.41, 5.74) is 9.10. The van der Waals surface area contributed by atoms with Crippen LogP contribution in [0.5, 0.6) is 5.75 Å². The van der Waals surface area contributed by atoms with Crippen LogP contribution >= 0.6 is 11.9 Å². The predicted octanol–water partition coefficient (Wildman–Crippen LogP) is 3.79. The van der Waals surface area contributed by atoms with Crippen molar-refractivity contribution in [2.45, 2.75) is 39.2 Å². The Bertz CT molecular complexity index is 998. The molecule has 0 bridgehead atoms. The lowest BCUT2D eigenvalue weighted by atomic mass is 10.0. The van der Waals surface area contributed by atoms with Gasteiger partial charge in [0, 0.05) is 44.2 Å². The first kappa shape index (κ1) is 21.2. The number of anilines is 1. The number of aryl methyl sites for hydroxylation is 1. The van der Waals surface area contributed by atoms with Crippen LogP contribution in [0.25, 0.3) is 21.9 Å². The van der Waals surface area contributed by atoms with E-state index in [2.05, 4.69) is 27.3 Å². The lowest BCUT2D eigenvalue weighted by Gasteiger charge is -2.17. The fraction of sp³-hybridized carbons (Fsp3) is 0.545. The number of nitrogens with two attached hydrogens (primary N) is 1. The van der Waals surface area contributed by atoms with E-state index >= 15 is 0 Å². The maximum absolute atomic E-state index is 6.35. The van der Waals surface area contributed by atoms with Gasteiger partial charge in [-0.1, -0.05) is 18.9 Å². The molecular weight excluding hydrogens is 398 g/mol. The number of nitrogens with one attached hydrogen (secondary N) is 1. The van der Waals surface area contributed by atoms with Gasteiger partial charge in [-0.05, 0) is 43.6 Å². The highest BCUT2D eigenvalue weighted by Gasteiger charge is 2.20. The van der Waals surface area contributed by atoms with Crippen molar-refractivity contribution in [2.24, 2.45) is 5.92 Å². The number of pyridine rings is 1. The third-order valence-corrected chi connectivity index (χ3v) is 6.19. The monoisotopic (exact) mass is 429 g/mol. The van der Waals surface area contributed by atoms with Gasteiger partial charge in [0.2, 0.25) is 0 Å². The minimum absolute atomic E-state index is 0.483. The normalized spacial score (nSPS) is 17.5. The van der Waals surface area contributed by atoms with Gasteiger partial charge in [-0.25, -0.2) is 9.97 Å². The molecule has 3 aromatic rings. The van der Waals surface area contributed by atoms with Crippen LogP contribution in [0.15, 0.2) is 18.2 Å². The second-order valence-electron chi connectivity index (χ2n) is 7.72. The molecule has 2 aromatic heterocycles. The second kappa shape index (κ2) is 9.85. The summed E-state index contributed by atoms with van der Waals surface area (Å²) in [6.45, 7) is 6.19. The lowest BCUT2D eigenvalue weighted by Crippen LogP contribution is -2.14. The summed E-state index contributed by atoms with van der Waals surface area (Å²) in [5.74, 6) is 2.95. The Morgan fingerprint density at radius 2 is 2.20 bits per heavy atom. The van der Waals surface area contributed by atoms with Crippen molar-refractivity contribution in [1.82, 2.24) is 19.3 Å². The smallest absolute Gasteiger partial charge is 0.152 e. The molecule has 1 atom stereocenters. The maximum Gasteiger partial charge on any atom is 0.152 e. The summed E-state index contributed by atoms with van der Waals surface area (Å²) in [6, 6.07) is 6.09. The van der Waals surface area contributed by atoms with E-state index < -0.39 is 0 Å². The molecule has 162 valence electrons. The lowest BCUT2D eigenvalue weighted by molar-refractivity contribution is 0.140. The molecule has 0 aliphatic carbocycles. The molecule has 0 spiro atoms. The molecule has 0 amide bonds. The summed E-state index contributed by atoms with van der Waals surface area (Å²) in [7, 11) is 0. The van der Waals surface area contributed by atoms with Gasteiger partial charge >= 0.3 is 0 Å². The van der Waals surface area contributed by atoms with Crippen LogP contribution in [0, 0.1) is 5.92 Å². The van der Waals surface area contributed by atoms with Crippen LogP contribution in [0.3, 0.4) is 0 Å². The first-order valence-corrected chi connectivity index (χ1v) is 12.0. The molecule has 30 heavy (non-hydrogen) atoms. The zero-order valence-electron chi connectivity index (χ0n) is 17.8. The van der Waals surface area contributed by atoms with E-state index in [0.717, 1.165) is 79.1 Å². The molecule has 3 heterocycles. The first-order valence-electron chi connectivity index (χ1n) is 10.8. The van der Waals surface area contributed by atoms with Crippen molar-refractivity contribution in [3.05, 3.63) is 24.0 Å². The Hall–Kier alpha value is -2.03. The largest absolute Gasteiger partial charge is 0.492 e. The molecule has 0 radical (unpaired) electrons. The minimum atomic E-state index is 0.483. The van der Waals surface area contributed by atoms with Gasteiger partial charge in [-0.3, -0.25) is 4.72 Å². The van der Waals surface area contributed by atoms with Gasteiger partial charge in [0.1, 0.15) is 23.7 Å². The van der Waals surface area contributed by atoms with Gasteiger partial charge in [0.15, 0.2) is 5.82 Å². The molecule has 3 N–H and O–H groups in total. The highest BCUT2D eigenvalue weighted by Crippen LogP contribution is 2.32. The maximum atomic E-state index is 6.35. The fourth-order valence-electron chi connectivity index (χ4n) is 4.22. The summed E-state index contributed by atoms with van der Waals surface area (Å²) in [5, 5.41) is 1.07. The van der Waals surface area contributed by atoms with Crippen LogP contribution in [0.4, 0.5) is 5.82 Å². The van der Waals surface area contributed by atoms with Crippen molar-refractivity contribution in [2.75, 3.05) is 38.4 Å². The van der Waals surface area contributed by atoms with Gasteiger partial charge in [-0.2, -0.15) is 0 Å². The van der Waals surface area contributed by atoms with Crippen LogP contribution in [0.2, 0.25) is 0 Å². The number of nitrogen functional groups attached to an aromatic ring is 1. The van der Waals surface area contributed by atoms with Crippen LogP contribution in [0.1, 0.15) is 32.0 Å². The Morgan fingerprint density at radius 1 is 1.30 bits per heavy atom. The summed E-state index contributed by atoms with van der Waals surface area (Å²) < 4.78 is 17.1. The Balaban J connectivity index is 1.72. The molecule has 1 aliphatic heterocycles. The summed E-state index contributed by atoms with van der Waals surface area (Å²) in [4.78, 5) is 9.51. The SMILES string of the molecule is CCc1nc2c(N)nc3cc(OCCNSC)ccc3c2n1CC1CCCOCC1. The number of fused-ring (bicyclic) bond motifs is 3. The second-order valence-corrected chi connectivity index (χ2v) is 8.42. The number of imidazole rings is 1. The van der Waals surface area contributed by atoms with E-state index in [1.54, 1.807) is 11.9 Å². The third-order valence-electron chi connectivity index (χ3n) is 5.70. The Morgan fingerprint density at radius 3 is 3.03 bits per heavy atom. The fourth-order valence-corrected chi connectivity index (χ4v) is 4.51. The highest BCUT2D eigenvalue weighted by molar-refractivity contribution is 7.96. The number of nitrogens with zero attached hydrogens (tertiary/aromatic N) is 3. The Kier molecular flexibility index (Phi) is 6.97. The number of aromatic nitrogens is 3. The molecule has 8 heteroatoms. The van der Waals surface area contributed by atoms with Crippen LogP contribution in [-0.4, -0.2) is 47.2 Å². The molecule has 4 rings (SSSR count). The van der Waals surface area contributed by atoms with Crippen molar-refractivity contribution in [3.63, 3.8) is 0 Å². The molecule has 1 aromatic carbocycles. The van der Waals surface area contributed by atoms with Crippen molar-refractivity contribution in [1.29, 1.82) is 0 Å². The van der Waals surface area contributed by atoms with Crippen LogP contribution < -0.4 is 15.2 Å². The van der Waals surface area contributed by atoms with E-state index in [1.165, 1.54) is 6.42 Å². The average Bonchev–Trinajstić information content (AvgIpc) is 2.92. The molecule has 7 nitrogen and oxygen atoms in total. The average molecular weight is 430 g/mol. The van der Waals surface area contributed by atoms with Crippen molar-refractivity contribution in [3.8, 4) is 5.75 Å². The number of hydrogen-bond donors (Lipinski definition) is 2. The van der Waals surface area contributed by atoms with Gasteiger partial charge < -0.3 is 19.8 Å². The van der Waals surface area contributed by atoms with E-state index in [-0.39, 0.29) is 0 Å². The van der Waals surface area contributed by atoms with E-state index in [9.17, 15) is 0 Å². The van der Waals surface area contributed by atoms with Crippen molar-refractivity contribution < 1.29 is 9.47 Å². The summed E-state index contributed by atoms with van der Waals surface area (Å²) in [6.07, 6.45) is 6.26. The third kappa shape index (κ3) is 4.50. The number of ether oxygens (including phenoxy) is 2. The zero-order valence-corrected chi connectivity index (χ0v) is 18.6. The Labute approximate surface area is 181 Å². The predicted molar refractivity (Wildman–Crippen MR) is 124 cm³/mol. The summed E-state index contributed by atoms with van der Waals surface area (Å²) >= 11 is 1.59. The van der Waals surface area contributed by atoms with E-state index in [4.69, 9.17) is 20.2 Å². The first-order chi connectivity index (χ1) is 14.7. The zero-order chi connectivity index (χ0) is 20.9. The van der Waals surface area contributed by atoms with E-state index in [0.29, 0.717) is 18.3 Å². The standard InChI is InChI=1S/C22H31N5O2S/c1-3-19-26-20-21(27(19)14-15-5-4-10-28-11-8-15)17-7-6-16(29-12-9-24-30-2)13-18(17)25-22(20)23/h6-7,13,15,24H,3-5,8-12,14H2,1-2H3,(H2,23,25). The minimum Gasteiger partial charge on any atom is -0.492 e.